The molecular formula is C7H11N3O3. The van der Waals surface area contributed by atoms with Gasteiger partial charge in [-0.05, 0) is 6.92 Å². The first-order valence-corrected chi connectivity index (χ1v) is 3.69. The van der Waals surface area contributed by atoms with E-state index in [9.17, 15) is 9.90 Å². The number of aromatic amines is 1. The van der Waals surface area contributed by atoms with Gasteiger partial charge in [0.15, 0.2) is 6.10 Å². The lowest BCUT2D eigenvalue weighted by molar-refractivity contribution is -0.132. The molecule has 0 fully saturated rings. The number of nitrogens with one attached hydrogen (secondary N) is 1. The van der Waals surface area contributed by atoms with E-state index in [4.69, 9.17) is 10.8 Å². The van der Waals surface area contributed by atoms with E-state index in [0.29, 0.717) is 5.69 Å². The van der Waals surface area contributed by atoms with E-state index in [1.54, 1.807) is 6.92 Å². The first kappa shape index (κ1) is 9.69. The van der Waals surface area contributed by atoms with Gasteiger partial charge < -0.3 is 20.9 Å². The van der Waals surface area contributed by atoms with Gasteiger partial charge >= 0.3 is 0 Å². The number of carbonyl (C=O) groups excluding carboxylic acids is 1. The molecule has 0 saturated carbocycles. The highest BCUT2D eigenvalue weighted by Crippen LogP contribution is 2.16. The van der Waals surface area contributed by atoms with Gasteiger partial charge in [0.25, 0.3) is 0 Å². The molecule has 2 unspecified atom stereocenters. The second-order valence-electron chi connectivity index (χ2n) is 2.70. The standard InChI is InChI=1S/C7H11N3O3/c1-3-4(10-2-9-3)5(11)6(12)7(8)13/h2,5-6,11-12H,1H3,(H2,8,13)(H,9,10). The largest absolute Gasteiger partial charge is 0.383 e. The van der Waals surface area contributed by atoms with Crippen LogP contribution >= 0.6 is 0 Å². The van der Waals surface area contributed by atoms with Crippen LogP contribution in [-0.2, 0) is 4.79 Å². The molecule has 0 aliphatic carbocycles. The van der Waals surface area contributed by atoms with Crippen LogP contribution in [0.4, 0.5) is 0 Å². The number of aryl methyl sites for hydroxylation is 1. The van der Waals surface area contributed by atoms with Crippen molar-refractivity contribution < 1.29 is 15.0 Å². The first-order valence-electron chi connectivity index (χ1n) is 3.69. The third kappa shape index (κ3) is 1.85. The Labute approximate surface area is 74.4 Å². The smallest absolute Gasteiger partial charge is 0.249 e. The van der Waals surface area contributed by atoms with Crippen LogP contribution in [0.1, 0.15) is 17.5 Å². The summed E-state index contributed by atoms with van der Waals surface area (Å²) in [6.07, 6.45) is -1.63. The van der Waals surface area contributed by atoms with E-state index in [-0.39, 0.29) is 5.69 Å². The zero-order valence-corrected chi connectivity index (χ0v) is 7.06. The van der Waals surface area contributed by atoms with Crippen molar-refractivity contribution in [3.05, 3.63) is 17.7 Å². The molecule has 0 radical (unpaired) electrons. The average Bonchev–Trinajstić information content (AvgIpc) is 2.48. The lowest BCUT2D eigenvalue weighted by Gasteiger charge is -2.12. The molecule has 0 aliphatic heterocycles. The molecule has 0 aromatic carbocycles. The van der Waals surface area contributed by atoms with Crippen LogP contribution in [0, 0.1) is 6.92 Å². The van der Waals surface area contributed by atoms with Gasteiger partial charge in [0.1, 0.15) is 6.10 Å². The molecule has 1 heterocycles. The number of amides is 1. The molecule has 1 rings (SSSR count). The summed E-state index contributed by atoms with van der Waals surface area (Å²) in [6.45, 7) is 1.67. The maximum atomic E-state index is 10.5. The Hall–Kier alpha value is -1.40. The number of hydrogen-bond acceptors (Lipinski definition) is 4. The molecule has 6 nitrogen and oxygen atoms in total. The second kappa shape index (κ2) is 3.55. The second-order valence-corrected chi connectivity index (χ2v) is 2.70. The van der Waals surface area contributed by atoms with Crippen molar-refractivity contribution in [3.8, 4) is 0 Å². The third-order valence-corrected chi connectivity index (χ3v) is 1.74. The molecule has 0 bridgehead atoms. The van der Waals surface area contributed by atoms with Crippen LogP contribution in [0.5, 0.6) is 0 Å². The number of hydrogen-bond donors (Lipinski definition) is 4. The molecule has 13 heavy (non-hydrogen) atoms. The molecule has 1 aromatic heterocycles. The zero-order valence-electron chi connectivity index (χ0n) is 7.06. The number of imidazole rings is 1. The van der Waals surface area contributed by atoms with Crippen LogP contribution in [-0.4, -0.2) is 32.2 Å². The Bertz CT molecular complexity index is 310. The Balaban J connectivity index is 2.85. The van der Waals surface area contributed by atoms with E-state index >= 15 is 0 Å². The minimum Gasteiger partial charge on any atom is -0.383 e. The Morgan fingerprint density at radius 2 is 2.31 bits per heavy atom. The molecule has 0 aliphatic rings. The summed E-state index contributed by atoms with van der Waals surface area (Å²) in [4.78, 5) is 17.0. The average molecular weight is 185 g/mol. The summed E-state index contributed by atoms with van der Waals surface area (Å²) < 4.78 is 0. The summed E-state index contributed by atoms with van der Waals surface area (Å²) in [5, 5.41) is 18.5. The number of aliphatic hydroxyl groups excluding tert-OH is 2. The highest BCUT2D eigenvalue weighted by molar-refractivity contribution is 5.79. The number of nitrogens with two attached hydrogens (primary N) is 1. The van der Waals surface area contributed by atoms with Crippen molar-refractivity contribution in [1.29, 1.82) is 0 Å². The van der Waals surface area contributed by atoms with Crippen LogP contribution in [0.2, 0.25) is 0 Å². The summed E-state index contributed by atoms with van der Waals surface area (Å²) in [5.41, 5.74) is 5.62. The number of aliphatic hydroxyl groups is 2. The third-order valence-electron chi connectivity index (χ3n) is 1.74. The fourth-order valence-electron chi connectivity index (χ4n) is 0.973. The summed E-state index contributed by atoms with van der Waals surface area (Å²) in [5.74, 6) is -0.977. The van der Waals surface area contributed by atoms with E-state index < -0.39 is 18.1 Å². The van der Waals surface area contributed by atoms with Crippen LogP contribution in [0.15, 0.2) is 6.33 Å². The Morgan fingerprint density at radius 3 is 2.69 bits per heavy atom. The topological polar surface area (TPSA) is 112 Å². The van der Waals surface area contributed by atoms with Gasteiger partial charge in [-0.3, -0.25) is 4.79 Å². The molecule has 1 aromatic rings. The SMILES string of the molecule is Cc1[nH]cnc1C(O)C(O)C(N)=O. The fourth-order valence-corrected chi connectivity index (χ4v) is 0.973. The summed E-state index contributed by atoms with van der Waals surface area (Å²) in [6, 6.07) is 0. The highest BCUT2D eigenvalue weighted by atomic mass is 16.3. The summed E-state index contributed by atoms with van der Waals surface area (Å²) in [7, 11) is 0. The van der Waals surface area contributed by atoms with Gasteiger partial charge in [-0.2, -0.15) is 0 Å². The number of nitrogens with zero attached hydrogens (tertiary/aromatic N) is 1. The van der Waals surface area contributed by atoms with Gasteiger partial charge in [0.05, 0.1) is 12.0 Å². The molecule has 0 spiro atoms. The van der Waals surface area contributed by atoms with E-state index in [1.165, 1.54) is 6.33 Å². The van der Waals surface area contributed by atoms with Crippen molar-refractivity contribution in [2.45, 2.75) is 19.1 Å². The van der Waals surface area contributed by atoms with Crippen molar-refractivity contribution in [1.82, 2.24) is 9.97 Å². The quantitative estimate of drug-likeness (QED) is 0.463. The first-order chi connectivity index (χ1) is 6.04. The maximum Gasteiger partial charge on any atom is 0.249 e. The van der Waals surface area contributed by atoms with Gasteiger partial charge in [-0.1, -0.05) is 0 Å². The Morgan fingerprint density at radius 1 is 1.69 bits per heavy atom. The predicted octanol–water partition coefficient (Wildman–Crippen LogP) is -1.40. The van der Waals surface area contributed by atoms with Crippen LogP contribution < -0.4 is 5.73 Å². The van der Waals surface area contributed by atoms with Gasteiger partial charge in [0.2, 0.25) is 5.91 Å². The van der Waals surface area contributed by atoms with Gasteiger partial charge in [0, 0.05) is 5.69 Å². The molecule has 6 heteroatoms. The van der Waals surface area contributed by atoms with E-state index in [2.05, 4.69) is 9.97 Å². The number of H-pyrrole nitrogens is 1. The number of carbonyl (C=O) groups is 1. The number of rotatable bonds is 3. The number of aromatic nitrogens is 2. The van der Waals surface area contributed by atoms with Crippen molar-refractivity contribution in [2.75, 3.05) is 0 Å². The monoisotopic (exact) mass is 185 g/mol. The lowest BCUT2D eigenvalue weighted by Crippen LogP contribution is -2.34. The molecular weight excluding hydrogens is 174 g/mol. The summed E-state index contributed by atoms with van der Waals surface area (Å²) >= 11 is 0. The van der Waals surface area contributed by atoms with Crippen molar-refractivity contribution in [2.24, 2.45) is 5.73 Å². The normalized spacial score (nSPS) is 15.3. The minimum absolute atomic E-state index is 0.228. The van der Waals surface area contributed by atoms with E-state index in [0.717, 1.165) is 0 Å². The molecule has 0 saturated heterocycles. The van der Waals surface area contributed by atoms with Crippen LogP contribution in [0.3, 0.4) is 0 Å². The van der Waals surface area contributed by atoms with Gasteiger partial charge in [-0.15, -0.1) is 0 Å². The molecule has 72 valence electrons. The highest BCUT2D eigenvalue weighted by Gasteiger charge is 2.26. The number of primary amides is 1. The minimum atomic E-state index is -1.62. The van der Waals surface area contributed by atoms with E-state index in [1.807, 2.05) is 0 Å². The molecule has 1 amide bonds. The maximum absolute atomic E-state index is 10.5. The van der Waals surface area contributed by atoms with Crippen molar-refractivity contribution in [3.63, 3.8) is 0 Å². The predicted molar refractivity (Wildman–Crippen MR) is 43.5 cm³/mol. The fraction of sp³-hybridized carbons (Fsp3) is 0.429. The molecule has 5 N–H and O–H groups in total. The zero-order chi connectivity index (χ0) is 10.0. The van der Waals surface area contributed by atoms with Crippen molar-refractivity contribution >= 4 is 5.91 Å². The van der Waals surface area contributed by atoms with Crippen LogP contribution in [0.25, 0.3) is 0 Å². The van der Waals surface area contributed by atoms with Gasteiger partial charge in [-0.25, -0.2) is 4.98 Å². The molecule has 2 atom stereocenters. The Kier molecular flexibility index (Phi) is 2.64. The lowest BCUT2D eigenvalue weighted by atomic mass is 10.1.